The van der Waals surface area contributed by atoms with Gasteiger partial charge in [-0.05, 0) is 23.8 Å². The molecule has 1 N–H and O–H groups in total. The average Bonchev–Trinajstić information content (AvgIpc) is 2.54. The number of esters is 1. The van der Waals surface area contributed by atoms with Gasteiger partial charge >= 0.3 is 11.9 Å². The molecule has 2 aromatic carbocycles. The molecule has 0 heterocycles. The van der Waals surface area contributed by atoms with Crippen LogP contribution in [0.2, 0.25) is 0 Å². The van der Waals surface area contributed by atoms with Crippen molar-refractivity contribution in [3.05, 3.63) is 59.7 Å². The Labute approximate surface area is 136 Å². The number of rotatable bonds is 6. The van der Waals surface area contributed by atoms with E-state index in [-0.39, 0.29) is 23.0 Å². The van der Waals surface area contributed by atoms with Gasteiger partial charge in [-0.1, -0.05) is 30.3 Å². The van der Waals surface area contributed by atoms with E-state index in [0.717, 1.165) is 5.56 Å². The van der Waals surface area contributed by atoms with Crippen molar-refractivity contribution in [2.75, 3.05) is 6.61 Å². The molecule has 0 aromatic heterocycles. The third kappa shape index (κ3) is 4.26. The Morgan fingerprint density at radius 1 is 1.04 bits per heavy atom. The van der Waals surface area contributed by atoms with E-state index in [1.54, 1.807) is 42.5 Å². The van der Waals surface area contributed by atoms with Crippen molar-refractivity contribution in [2.45, 2.75) is 23.1 Å². The van der Waals surface area contributed by atoms with Crippen LogP contribution in [0.3, 0.4) is 0 Å². The minimum Gasteiger partial charge on any atom is -0.478 e. The predicted octanol–water partition coefficient (Wildman–Crippen LogP) is 2.66. The van der Waals surface area contributed by atoms with Gasteiger partial charge in [-0.15, -0.1) is 0 Å². The van der Waals surface area contributed by atoms with E-state index in [1.165, 1.54) is 13.0 Å². The average molecular weight is 332 g/mol. The highest BCUT2D eigenvalue weighted by atomic mass is 32.2. The molecular weight excluding hydrogens is 316 g/mol. The zero-order valence-corrected chi connectivity index (χ0v) is 13.3. The molecule has 23 heavy (non-hydrogen) atoms. The fourth-order valence-corrected chi connectivity index (χ4v) is 3.52. The van der Waals surface area contributed by atoms with E-state index >= 15 is 0 Å². The molecule has 0 saturated carbocycles. The molecule has 5 nitrogen and oxygen atoms in total. The van der Waals surface area contributed by atoms with Crippen LogP contribution in [0.15, 0.2) is 58.3 Å². The lowest BCUT2D eigenvalue weighted by atomic mass is 10.2. The van der Waals surface area contributed by atoms with Gasteiger partial charge in [0.1, 0.15) is 0 Å². The summed E-state index contributed by atoms with van der Waals surface area (Å²) in [5, 5.41) is 9.24. The summed E-state index contributed by atoms with van der Waals surface area (Å²) in [6, 6.07) is 13.2. The van der Waals surface area contributed by atoms with E-state index in [1.807, 2.05) is 0 Å². The maximum absolute atomic E-state index is 12.8. The van der Waals surface area contributed by atoms with Gasteiger partial charge in [-0.2, -0.15) is 0 Å². The fraction of sp³-hybridized carbons (Fsp3) is 0.176. The number of ether oxygens (including phenoxy) is 1. The number of carboxylic acids is 1. The Morgan fingerprint density at radius 2 is 1.65 bits per heavy atom. The molecule has 1 atom stereocenters. The molecule has 0 radical (unpaired) electrons. The topological polar surface area (TPSA) is 80.7 Å². The van der Waals surface area contributed by atoms with Gasteiger partial charge in [-0.3, -0.25) is 4.79 Å². The van der Waals surface area contributed by atoms with Crippen LogP contribution in [-0.4, -0.2) is 27.9 Å². The van der Waals surface area contributed by atoms with E-state index in [2.05, 4.69) is 0 Å². The summed E-state index contributed by atoms with van der Waals surface area (Å²) in [7, 11) is -1.63. The minimum atomic E-state index is -1.63. The first kappa shape index (κ1) is 16.9. The van der Waals surface area contributed by atoms with Crippen LogP contribution < -0.4 is 0 Å². The van der Waals surface area contributed by atoms with Gasteiger partial charge in [-0.25, -0.2) is 9.00 Å². The van der Waals surface area contributed by atoms with Crippen molar-refractivity contribution in [3.8, 4) is 0 Å². The standard InChI is InChI=1S/C17H16O5S/c1-12(18)22-11-10-13-6-2-4-8-15(13)23(21)16-9-5-3-7-14(16)17(19)20/h2-9H,10-11H2,1H3,(H,19,20). The molecule has 0 aliphatic heterocycles. The molecule has 0 aliphatic carbocycles. The summed E-state index contributed by atoms with van der Waals surface area (Å²) in [6.07, 6.45) is 0.413. The van der Waals surface area contributed by atoms with E-state index in [4.69, 9.17) is 4.74 Å². The van der Waals surface area contributed by atoms with Gasteiger partial charge in [0, 0.05) is 18.2 Å². The molecule has 0 amide bonds. The van der Waals surface area contributed by atoms with E-state index < -0.39 is 16.8 Å². The van der Waals surface area contributed by atoms with Crippen molar-refractivity contribution < 1.29 is 23.6 Å². The Morgan fingerprint density at radius 3 is 2.30 bits per heavy atom. The third-order valence-corrected chi connectivity index (χ3v) is 4.72. The van der Waals surface area contributed by atoms with Crippen molar-refractivity contribution in [1.29, 1.82) is 0 Å². The molecule has 0 bridgehead atoms. The zero-order valence-electron chi connectivity index (χ0n) is 12.5. The molecule has 0 fully saturated rings. The molecule has 120 valence electrons. The monoisotopic (exact) mass is 332 g/mol. The molecule has 2 aromatic rings. The van der Waals surface area contributed by atoms with Crippen molar-refractivity contribution in [3.63, 3.8) is 0 Å². The quantitative estimate of drug-likeness (QED) is 0.823. The van der Waals surface area contributed by atoms with Gasteiger partial charge in [0.05, 0.1) is 27.9 Å². The normalized spacial score (nSPS) is 11.7. The molecular formula is C17H16O5S. The first-order chi connectivity index (χ1) is 11.0. The lowest BCUT2D eigenvalue weighted by Gasteiger charge is -2.11. The number of benzene rings is 2. The van der Waals surface area contributed by atoms with Crippen LogP contribution in [0.25, 0.3) is 0 Å². The Bertz CT molecular complexity index is 754. The van der Waals surface area contributed by atoms with Gasteiger partial charge in [0.15, 0.2) is 0 Å². The van der Waals surface area contributed by atoms with Crippen LogP contribution in [0, 0.1) is 0 Å². The second-order valence-corrected chi connectivity index (χ2v) is 6.18. The fourth-order valence-electron chi connectivity index (χ4n) is 2.12. The van der Waals surface area contributed by atoms with Crippen molar-refractivity contribution >= 4 is 22.7 Å². The summed E-state index contributed by atoms with van der Waals surface area (Å²) in [6.45, 7) is 1.51. The number of aromatic carboxylic acids is 1. The lowest BCUT2D eigenvalue weighted by Crippen LogP contribution is -2.08. The van der Waals surface area contributed by atoms with Gasteiger partial charge in [0.25, 0.3) is 0 Å². The molecule has 2 rings (SSSR count). The molecule has 0 saturated heterocycles. The van der Waals surface area contributed by atoms with Crippen LogP contribution in [0.1, 0.15) is 22.8 Å². The van der Waals surface area contributed by atoms with Crippen LogP contribution >= 0.6 is 0 Å². The first-order valence-corrected chi connectivity index (χ1v) is 8.11. The third-order valence-electron chi connectivity index (χ3n) is 3.17. The van der Waals surface area contributed by atoms with Crippen molar-refractivity contribution in [2.24, 2.45) is 0 Å². The number of carbonyl (C=O) groups is 2. The minimum absolute atomic E-state index is 0.0145. The summed E-state index contributed by atoms with van der Waals surface area (Å²) in [4.78, 5) is 22.9. The van der Waals surface area contributed by atoms with E-state index in [0.29, 0.717) is 11.3 Å². The molecule has 1 unspecified atom stereocenters. The Kier molecular flexibility index (Phi) is 5.65. The summed E-state index contributed by atoms with van der Waals surface area (Å²) >= 11 is 0. The smallest absolute Gasteiger partial charge is 0.336 e. The largest absolute Gasteiger partial charge is 0.478 e. The second-order valence-electron chi connectivity index (χ2n) is 4.77. The maximum Gasteiger partial charge on any atom is 0.336 e. The second kappa shape index (κ2) is 7.69. The number of carbonyl (C=O) groups excluding carboxylic acids is 1. The summed E-state index contributed by atoms with van der Waals surface area (Å²) in [5.74, 6) is -1.49. The van der Waals surface area contributed by atoms with E-state index in [9.17, 15) is 18.9 Å². The van der Waals surface area contributed by atoms with Crippen LogP contribution in [0.4, 0.5) is 0 Å². The number of hydrogen-bond acceptors (Lipinski definition) is 4. The highest BCUT2D eigenvalue weighted by molar-refractivity contribution is 7.85. The highest BCUT2D eigenvalue weighted by Gasteiger charge is 2.18. The number of carboxylic acid groups (broad SMARTS) is 1. The zero-order chi connectivity index (χ0) is 16.8. The molecule has 0 aliphatic rings. The van der Waals surface area contributed by atoms with Crippen molar-refractivity contribution in [1.82, 2.24) is 0 Å². The lowest BCUT2D eigenvalue weighted by molar-refractivity contribution is -0.140. The maximum atomic E-state index is 12.8. The first-order valence-electron chi connectivity index (χ1n) is 6.96. The highest BCUT2D eigenvalue weighted by Crippen LogP contribution is 2.23. The Hall–Kier alpha value is -2.47. The predicted molar refractivity (Wildman–Crippen MR) is 84.9 cm³/mol. The SMILES string of the molecule is CC(=O)OCCc1ccccc1S(=O)c1ccccc1C(=O)O. The number of hydrogen-bond donors (Lipinski definition) is 1. The molecule has 6 heteroatoms. The van der Waals surface area contributed by atoms with Gasteiger partial charge in [0.2, 0.25) is 0 Å². The van der Waals surface area contributed by atoms with Crippen LogP contribution in [-0.2, 0) is 26.8 Å². The van der Waals surface area contributed by atoms with Gasteiger partial charge < -0.3 is 9.84 Å². The van der Waals surface area contributed by atoms with Crippen LogP contribution in [0.5, 0.6) is 0 Å². The summed E-state index contributed by atoms with van der Waals surface area (Å²) in [5.41, 5.74) is 0.771. The Balaban J connectivity index is 2.33. The molecule has 0 spiro atoms. The summed E-state index contributed by atoms with van der Waals surface area (Å²) < 4.78 is 17.7.